The minimum Gasteiger partial charge on any atom is -0.495 e. The predicted molar refractivity (Wildman–Crippen MR) is 113 cm³/mol. The fourth-order valence-electron chi connectivity index (χ4n) is 3.25. The van der Waals surface area contributed by atoms with E-state index in [1.54, 1.807) is 23.9 Å². The van der Waals surface area contributed by atoms with Crippen molar-refractivity contribution in [3.63, 3.8) is 0 Å². The second-order valence-corrected chi connectivity index (χ2v) is 10.2. The summed E-state index contributed by atoms with van der Waals surface area (Å²) in [5, 5.41) is 0. The molecular weight excluding hydrogens is 394 g/mol. The normalized spacial score (nSPS) is 16.6. The van der Waals surface area contributed by atoms with Gasteiger partial charge in [-0.2, -0.15) is 0 Å². The number of rotatable bonds is 8. The van der Waals surface area contributed by atoms with E-state index < -0.39 is 10.0 Å². The standard InChI is InChI=1S/C21H27NO4S2/c1-3-17-9-10-19(25-2)20(15-17)28(23,24)22-16-21(11-13-26-14-12-21)27-18-7-5-4-6-8-18/h4-10,15,22H,3,11-14,16H2,1-2H3. The zero-order valence-electron chi connectivity index (χ0n) is 16.3. The summed E-state index contributed by atoms with van der Waals surface area (Å²) >= 11 is 1.73. The summed E-state index contributed by atoms with van der Waals surface area (Å²) in [6.07, 6.45) is 2.35. The quantitative estimate of drug-likeness (QED) is 0.701. The molecule has 0 saturated carbocycles. The number of thioether (sulfide) groups is 1. The van der Waals surface area contributed by atoms with Gasteiger partial charge < -0.3 is 9.47 Å². The molecule has 0 atom stereocenters. The molecule has 5 nitrogen and oxygen atoms in total. The monoisotopic (exact) mass is 421 g/mol. The molecule has 0 aliphatic carbocycles. The largest absolute Gasteiger partial charge is 0.495 e. The topological polar surface area (TPSA) is 64.6 Å². The Morgan fingerprint density at radius 2 is 1.86 bits per heavy atom. The van der Waals surface area contributed by atoms with Crippen LogP contribution in [0.4, 0.5) is 0 Å². The molecule has 152 valence electrons. The highest BCUT2D eigenvalue weighted by atomic mass is 32.2. The summed E-state index contributed by atoms with van der Waals surface area (Å²) in [4.78, 5) is 1.33. The van der Waals surface area contributed by atoms with Crippen LogP contribution >= 0.6 is 11.8 Å². The Morgan fingerprint density at radius 3 is 2.50 bits per heavy atom. The number of ether oxygens (including phenoxy) is 2. The lowest BCUT2D eigenvalue weighted by molar-refractivity contribution is 0.0784. The van der Waals surface area contributed by atoms with Crippen LogP contribution in [-0.2, 0) is 21.2 Å². The molecule has 7 heteroatoms. The molecule has 1 heterocycles. The Bertz CT molecular complexity index is 879. The Balaban J connectivity index is 1.82. The van der Waals surface area contributed by atoms with Crippen LogP contribution in [0.1, 0.15) is 25.3 Å². The fraction of sp³-hybridized carbons (Fsp3) is 0.429. The van der Waals surface area contributed by atoms with E-state index in [-0.39, 0.29) is 9.64 Å². The Morgan fingerprint density at radius 1 is 1.14 bits per heavy atom. The lowest BCUT2D eigenvalue weighted by Crippen LogP contribution is -2.44. The van der Waals surface area contributed by atoms with Gasteiger partial charge >= 0.3 is 0 Å². The first-order valence-corrected chi connectivity index (χ1v) is 11.8. The van der Waals surface area contributed by atoms with Gasteiger partial charge in [-0.1, -0.05) is 31.2 Å². The minimum atomic E-state index is -3.69. The zero-order valence-corrected chi connectivity index (χ0v) is 17.9. The minimum absolute atomic E-state index is 0.196. The third-order valence-electron chi connectivity index (χ3n) is 4.99. The van der Waals surface area contributed by atoms with Crippen molar-refractivity contribution in [3.8, 4) is 5.75 Å². The summed E-state index contributed by atoms with van der Waals surface area (Å²) in [6.45, 7) is 3.61. The van der Waals surface area contributed by atoms with Gasteiger partial charge in [0.25, 0.3) is 0 Å². The number of hydrogen-bond acceptors (Lipinski definition) is 5. The van der Waals surface area contributed by atoms with Crippen molar-refractivity contribution in [2.24, 2.45) is 0 Å². The van der Waals surface area contributed by atoms with Crippen LogP contribution in [0, 0.1) is 0 Å². The van der Waals surface area contributed by atoms with Crippen LogP contribution in [0.25, 0.3) is 0 Å². The molecule has 0 unspecified atom stereocenters. The second kappa shape index (κ2) is 9.31. The van der Waals surface area contributed by atoms with Crippen LogP contribution in [0.2, 0.25) is 0 Å². The summed E-state index contributed by atoms with van der Waals surface area (Å²) in [5.41, 5.74) is 0.959. The number of methoxy groups -OCH3 is 1. The van der Waals surface area contributed by atoms with Gasteiger partial charge in [0.1, 0.15) is 10.6 Å². The third-order valence-corrected chi connectivity index (χ3v) is 7.91. The molecule has 2 aromatic carbocycles. The van der Waals surface area contributed by atoms with E-state index in [0.717, 1.165) is 29.7 Å². The Kier molecular flexibility index (Phi) is 7.04. The molecule has 28 heavy (non-hydrogen) atoms. The van der Waals surface area contributed by atoms with E-state index in [4.69, 9.17) is 9.47 Å². The first-order valence-electron chi connectivity index (χ1n) is 9.46. The highest BCUT2D eigenvalue weighted by molar-refractivity contribution is 8.00. The molecule has 1 aliphatic rings. The Labute approximate surface area is 171 Å². The molecule has 3 rings (SSSR count). The van der Waals surface area contributed by atoms with E-state index in [9.17, 15) is 8.42 Å². The third kappa shape index (κ3) is 5.08. The maximum atomic E-state index is 13.1. The molecule has 0 radical (unpaired) electrons. The van der Waals surface area contributed by atoms with Gasteiger partial charge in [0.2, 0.25) is 10.0 Å². The van der Waals surface area contributed by atoms with Crippen molar-refractivity contribution in [2.45, 2.75) is 40.7 Å². The van der Waals surface area contributed by atoms with Crippen molar-refractivity contribution >= 4 is 21.8 Å². The molecule has 0 bridgehead atoms. The molecular formula is C21H27NO4S2. The van der Waals surface area contributed by atoms with Crippen molar-refractivity contribution in [1.29, 1.82) is 0 Å². The molecule has 0 spiro atoms. The van der Waals surface area contributed by atoms with Gasteiger partial charge in [-0.05, 0) is 49.1 Å². The second-order valence-electron chi connectivity index (χ2n) is 6.87. The van der Waals surface area contributed by atoms with Gasteiger partial charge in [0.15, 0.2) is 0 Å². The van der Waals surface area contributed by atoms with Gasteiger partial charge in [-0.15, -0.1) is 11.8 Å². The van der Waals surface area contributed by atoms with Gasteiger partial charge in [-0.3, -0.25) is 0 Å². The summed E-state index contributed by atoms with van der Waals surface area (Å²) in [7, 11) is -2.20. The Hall–Kier alpha value is -1.54. The van der Waals surface area contributed by atoms with E-state index in [0.29, 0.717) is 25.5 Å². The smallest absolute Gasteiger partial charge is 0.244 e. The van der Waals surface area contributed by atoms with Crippen molar-refractivity contribution in [1.82, 2.24) is 4.72 Å². The maximum absolute atomic E-state index is 13.1. The van der Waals surface area contributed by atoms with Crippen LogP contribution in [0.5, 0.6) is 5.75 Å². The highest BCUT2D eigenvalue weighted by Crippen LogP contribution is 2.40. The average Bonchev–Trinajstić information content (AvgIpc) is 2.73. The highest BCUT2D eigenvalue weighted by Gasteiger charge is 2.35. The molecule has 1 N–H and O–H groups in total. The van der Waals surface area contributed by atoms with Crippen molar-refractivity contribution in [2.75, 3.05) is 26.9 Å². The number of aryl methyl sites for hydroxylation is 1. The van der Waals surface area contributed by atoms with Crippen LogP contribution in [0.3, 0.4) is 0 Å². The van der Waals surface area contributed by atoms with Crippen LogP contribution in [0.15, 0.2) is 58.3 Å². The average molecular weight is 422 g/mol. The van der Waals surface area contributed by atoms with Gasteiger partial charge in [0, 0.05) is 29.4 Å². The van der Waals surface area contributed by atoms with E-state index in [2.05, 4.69) is 16.9 Å². The van der Waals surface area contributed by atoms with E-state index in [1.165, 1.54) is 7.11 Å². The number of nitrogens with one attached hydrogen (secondary N) is 1. The van der Waals surface area contributed by atoms with E-state index >= 15 is 0 Å². The van der Waals surface area contributed by atoms with Gasteiger partial charge in [0.05, 0.1) is 7.11 Å². The van der Waals surface area contributed by atoms with E-state index in [1.807, 2.05) is 31.2 Å². The van der Waals surface area contributed by atoms with Crippen LogP contribution < -0.4 is 9.46 Å². The molecule has 2 aromatic rings. The molecule has 1 aliphatic heterocycles. The fourth-order valence-corrected chi connectivity index (χ4v) is 6.00. The summed E-state index contributed by atoms with van der Waals surface area (Å²) in [5.74, 6) is 0.362. The summed E-state index contributed by atoms with van der Waals surface area (Å²) < 4.78 is 39.6. The van der Waals surface area contributed by atoms with Gasteiger partial charge in [-0.25, -0.2) is 13.1 Å². The zero-order chi connectivity index (χ0) is 20.0. The first-order chi connectivity index (χ1) is 13.5. The van der Waals surface area contributed by atoms with Crippen LogP contribution in [-0.4, -0.2) is 40.0 Å². The SMILES string of the molecule is CCc1ccc(OC)c(S(=O)(=O)NCC2(Sc3ccccc3)CCOCC2)c1. The lowest BCUT2D eigenvalue weighted by Gasteiger charge is -2.36. The molecule has 1 fully saturated rings. The number of sulfonamides is 1. The molecule has 0 amide bonds. The summed E-state index contributed by atoms with van der Waals surface area (Å²) in [6, 6.07) is 15.4. The number of benzene rings is 2. The molecule has 1 saturated heterocycles. The van der Waals surface area contributed by atoms with Crippen molar-refractivity contribution < 1.29 is 17.9 Å². The predicted octanol–water partition coefficient (Wildman–Crippen LogP) is 3.88. The maximum Gasteiger partial charge on any atom is 0.244 e. The molecule has 0 aromatic heterocycles. The van der Waals surface area contributed by atoms with Crippen molar-refractivity contribution in [3.05, 3.63) is 54.1 Å². The lowest BCUT2D eigenvalue weighted by atomic mass is 9.99. The first kappa shape index (κ1) is 21.2. The number of hydrogen-bond donors (Lipinski definition) is 1.